The van der Waals surface area contributed by atoms with Gasteiger partial charge in [-0.3, -0.25) is 0 Å². The second kappa shape index (κ2) is 3.79. The number of rotatable bonds is 1. The predicted octanol–water partition coefficient (Wildman–Crippen LogP) is -0.471. The molecule has 1 N–H and O–H groups in total. The van der Waals surface area contributed by atoms with Crippen LogP contribution in [0.5, 0.6) is 0 Å². The summed E-state index contributed by atoms with van der Waals surface area (Å²) >= 11 is 0. The zero-order valence-electron chi connectivity index (χ0n) is 4.02. The number of aromatic nitrogens is 2. The smallest absolute Gasteiger partial charge is 0.0641 e. The van der Waals surface area contributed by atoms with Crippen LogP contribution in [0.1, 0.15) is 5.69 Å². The van der Waals surface area contributed by atoms with Gasteiger partial charge < -0.3 is 15.1 Å². The normalized spacial score (nSPS) is 8.12. The second-order valence-corrected chi connectivity index (χ2v) is 1.17. The van der Waals surface area contributed by atoms with Crippen LogP contribution < -0.4 is 4.98 Å². The molecule has 4 heteroatoms. The minimum Gasteiger partial charge on any atom is -0.449 e. The molecular weight excluding hydrogens is 198 g/mol. The molecule has 8 heavy (non-hydrogen) atoms. The van der Waals surface area contributed by atoms with E-state index in [0.29, 0.717) is 5.69 Å². The van der Waals surface area contributed by atoms with Gasteiger partial charge in [-0.15, -0.1) is 0 Å². The molecule has 0 amide bonds. The van der Waals surface area contributed by atoms with Crippen LogP contribution in [0, 0.1) is 0 Å². The Bertz CT molecular complexity index is 129. The summed E-state index contributed by atoms with van der Waals surface area (Å²) in [5.74, 6) is 0. The van der Waals surface area contributed by atoms with Crippen molar-refractivity contribution in [2.45, 2.75) is 6.61 Å². The SMILES string of the molecule is OCc1c[n-]cn1.[Pd]. The average Bonchev–Trinajstić information content (AvgIpc) is 2.14. The Morgan fingerprint density at radius 1 is 1.75 bits per heavy atom. The second-order valence-electron chi connectivity index (χ2n) is 1.17. The molecule has 1 heterocycles. The maximum atomic E-state index is 8.32. The van der Waals surface area contributed by atoms with Gasteiger partial charge in [0.05, 0.1) is 6.61 Å². The zero-order chi connectivity index (χ0) is 5.11. The van der Waals surface area contributed by atoms with Gasteiger partial charge in [0.15, 0.2) is 0 Å². The van der Waals surface area contributed by atoms with Gasteiger partial charge in [0, 0.05) is 20.4 Å². The van der Waals surface area contributed by atoms with Gasteiger partial charge >= 0.3 is 0 Å². The molecule has 48 valence electrons. The molecule has 0 spiro atoms. The number of aliphatic hydroxyl groups excluding tert-OH is 1. The third kappa shape index (κ3) is 1.75. The Morgan fingerprint density at radius 2 is 2.50 bits per heavy atom. The Balaban J connectivity index is 0.000000490. The summed E-state index contributed by atoms with van der Waals surface area (Å²) in [4.78, 5) is 7.30. The predicted molar refractivity (Wildman–Crippen MR) is 23.5 cm³/mol. The molecule has 3 nitrogen and oxygen atoms in total. The van der Waals surface area contributed by atoms with Gasteiger partial charge in [0.2, 0.25) is 0 Å². The molecule has 0 atom stereocenters. The third-order valence-electron chi connectivity index (χ3n) is 0.676. The fourth-order valence-electron chi connectivity index (χ4n) is 0.342. The molecule has 1 aromatic heterocycles. The largest absolute Gasteiger partial charge is 0.449 e. The van der Waals surface area contributed by atoms with E-state index in [4.69, 9.17) is 5.11 Å². The van der Waals surface area contributed by atoms with Gasteiger partial charge in [-0.1, -0.05) is 12.5 Å². The molecule has 0 aliphatic carbocycles. The van der Waals surface area contributed by atoms with E-state index in [1.807, 2.05) is 0 Å². The van der Waals surface area contributed by atoms with Gasteiger partial charge in [0.25, 0.3) is 0 Å². The van der Waals surface area contributed by atoms with Crippen LogP contribution >= 0.6 is 0 Å². The first-order valence-electron chi connectivity index (χ1n) is 1.96. The van der Waals surface area contributed by atoms with Crippen LogP contribution in [0.3, 0.4) is 0 Å². The van der Waals surface area contributed by atoms with E-state index in [-0.39, 0.29) is 27.0 Å². The quantitative estimate of drug-likeness (QED) is 0.628. The minimum atomic E-state index is -0.0139. The van der Waals surface area contributed by atoms with Crippen molar-refractivity contribution in [1.29, 1.82) is 0 Å². The molecular formula is C4H5N2OPd-. The van der Waals surface area contributed by atoms with E-state index in [9.17, 15) is 0 Å². The Labute approximate surface area is 60.8 Å². The first-order valence-corrected chi connectivity index (χ1v) is 1.96. The van der Waals surface area contributed by atoms with Crippen LogP contribution in [-0.4, -0.2) is 10.1 Å². The Hall–Kier alpha value is -0.168. The fourth-order valence-corrected chi connectivity index (χ4v) is 0.342. The van der Waals surface area contributed by atoms with Crippen molar-refractivity contribution in [2.24, 2.45) is 0 Å². The summed E-state index contributed by atoms with van der Waals surface area (Å²) in [6, 6.07) is 0. The van der Waals surface area contributed by atoms with Crippen molar-refractivity contribution in [3.8, 4) is 0 Å². The zero-order valence-corrected chi connectivity index (χ0v) is 5.57. The van der Waals surface area contributed by atoms with Gasteiger partial charge in [-0.05, 0) is 5.69 Å². The first kappa shape index (κ1) is 7.83. The maximum absolute atomic E-state index is 8.32. The first-order chi connectivity index (χ1) is 3.43. The van der Waals surface area contributed by atoms with E-state index in [1.165, 1.54) is 12.5 Å². The van der Waals surface area contributed by atoms with Crippen molar-refractivity contribution in [1.82, 2.24) is 9.97 Å². The van der Waals surface area contributed by atoms with Crippen LogP contribution in [-0.2, 0) is 27.0 Å². The van der Waals surface area contributed by atoms with E-state index >= 15 is 0 Å². The number of hydrogen-bond donors (Lipinski definition) is 1. The topological polar surface area (TPSA) is 47.2 Å². The van der Waals surface area contributed by atoms with Crippen LogP contribution in [0.15, 0.2) is 12.5 Å². The van der Waals surface area contributed by atoms with Crippen molar-refractivity contribution < 1.29 is 25.5 Å². The number of nitrogens with zero attached hydrogens (tertiary/aromatic N) is 2. The average molecular weight is 204 g/mol. The van der Waals surface area contributed by atoms with E-state index in [0.717, 1.165) is 0 Å². The molecule has 0 saturated heterocycles. The van der Waals surface area contributed by atoms with E-state index < -0.39 is 0 Å². The van der Waals surface area contributed by atoms with Crippen LogP contribution in [0.25, 0.3) is 0 Å². The summed E-state index contributed by atoms with van der Waals surface area (Å²) in [5.41, 5.74) is 0.625. The maximum Gasteiger partial charge on any atom is 0.0641 e. The van der Waals surface area contributed by atoms with Crippen molar-refractivity contribution >= 4 is 0 Å². The van der Waals surface area contributed by atoms with E-state index in [1.54, 1.807) is 0 Å². The monoisotopic (exact) mass is 203 g/mol. The van der Waals surface area contributed by atoms with Crippen LogP contribution in [0.4, 0.5) is 0 Å². The van der Waals surface area contributed by atoms with Crippen molar-refractivity contribution in [3.63, 3.8) is 0 Å². The van der Waals surface area contributed by atoms with Crippen molar-refractivity contribution in [2.75, 3.05) is 0 Å². The molecule has 0 aliphatic heterocycles. The standard InChI is InChI=1S/C4H5N2O.Pd/c7-2-4-1-5-3-6-4;/h1,3,7H,2H2;/q-1;. The Kier molecular flexibility index (Phi) is 3.71. The summed E-state index contributed by atoms with van der Waals surface area (Å²) in [6.45, 7) is -0.0139. The molecule has 0 bridgehead atoms. The molecule has 1 aromatic rings. The molecule has 0 radical (unpaired) electrons. The summed E-state index contributed by atoms with van der Waals surface area (Å²) < 4.78 is 0. The minimum absolute atomic E-state index is 0. The number of imidazole rings is 1. The van der Waals surface area contributed by atoms with Gasteiger partial charge in [0.1, 0.15) is 0 Å². The fraction of sp³-hybridized carbons (Fsp3) is 0.250. The molecule has 0 aromatic carbocycles. The molecule has 0 saturated carbocycles. The summed E-state index contributed by atoms with van der Waals surface area (Å²) in [7, 11) is 0. The summed E-state index contributed by atoms with van der Waals surface area (Å²) in [6.07, 6.45) is 2.94. The van der Waals surface area contributed by atoms with Gasteiger partial charge in [-0.25, -0.2) is 0 Å². The molecule has 0 unspecified atom stereocenters. The van der Waals surface area contributed by atoms with Crippen molar-refractivity contribution in [3.05, 3.63) is 18.2 Å². The number of aliphatic hydroxyl groups is 1. The molecule has 0 fully saturated rings. The summed E-state index contributed by atoms with van der Waals surface area (Å²) in [5, 5.41) is 8.32. The Morgan fingerprint density at radius 3 is 2.75 bits per heavy atom. The van der Waals surface area contributed by atoms with Gasteiger partial charge in [-0.2, -0.15) is 0 Å². The number of hydrogen-bond acceptors (Lipinski definition) is 2. The van der Waals surface area contributed by atoms with E-state index in [2.05, 4.69) is 9.97 Å². The van der Waals surface area contributed by atoms with Crippen LogP contribution in [0.2, 0.25) is 0 Å². The third-order valence-corrected chi connectivity index (χ3v) is 0.676. The molecule has 0 aliphatic rings. The molecule has 1 rings (SSSR count).